The summed E-state index contributed by atoms with van der Waals surface area (Å²) in [5, 5.41) is 0. The van der Waals surface area contributed by atoms with Crippen LogP contribution in [0.4, 0.5) is 0 Å². The number of hydrogen-bond donors (Lipinski definition) is 1. The van der Waals surface area contributed by atoms with Crippen molar-refractivity contribution in [3.05, 3.63) is 36.5 Å². The summed E-state index contributed by atoms with van der Waals surface area (Å²) in [6, 6.07) is 0.0857. The molecule has 0 aromatic rings. The largest absolute Gasteiger partial charge is 0.324 e. The second-order valence-corrected chi connectivity index (χ2v) is 7.05. The molecule has 0 saturated carbocycles. The lowest BCUT2D eigenvalue weighted by Gasteiger charge is -2.41. The smallest absolute Gasteiger partial charge is 0.0225 e. The fourth-order valence-electron chi connectivity index (χ4n) is 2.03. The monoisotopic (exact) mass is 263 g/mol. The van der Waals surface area contributed by atoms with Crippen LogP contribution in [0, 0.1) is 16.7 Å². The Labute approximate surface area is 120 Å². The van der Waals surface area contributed by atoms with Crippen molar-refractivity contribution < 1.29 is 0 Å². The van der Waals surface area contributed by atoms with E-state index in [0.29, 0.717) is 5.92 Å². The molecule has 0 saturated heterocycles. The first kappa shape index (κ1) is 18.2. The maximum Gasteiger partial charge on any atom is 0.0225 e. The second kappa shape index (κ2) is 6.56. The van der Waals surface area contributed by atoms with E-state index in [4.69, 9.17) is 5.73 Å². The van der Waals surface area contributed by atoms with Gasteiger partial charge in [-0.2, -0.15) is 0 Å². The maximum absolute atomic E-state index is 6.14. The molecule has 0 heterocycles. The van der Waals surface area contributed by atoms with Gasteiger partial charge in [0.05, 0.1) is 0 Å². The van der Waals surface area contributed by atoms with Gasteiger partial charge in [-0.25, -0.2) is 0 Å². The molecule has 0 spiro atoms. The molecule has 2 N–H and O–H groups in total. The molecular weight excluding hydrogens is 230 g/mol. The summed E-state index contributed by atoms with van der Waals surface area (Å²) in [6.45, 7) is 23.4. The molecule has 0 amide bonds. The minimum atomic E-state index is 0.0304. The third-order valence-corrected chi connectivity index (χ3v) is 4.77. The van der Waals surface area contributed by atoms with Crippen LogP contribution in [0.5, 0.6) is 0 Å². The van der Waals surface area contributed by atoms with Crippen molar-refractivity contribution in [2.75, 3.05) is 0 Å². The zero-order valence-electron chi connectivity index (χ0n) is 14.0. The average Bonchev–Trinajstić information content (AvgIpc) is 2.26. The zero-order chi connectivity index (χ0) is 15.4. The van der Waals surface area contributed by atoms with Crippen LogP contribution in [0.1, 0.15) is 54.9 Å². The molecule has 110 valence electrons. The summed E-state index contributed by atoms with van der Waals surface area (Å²) in [5.74, 6) is 0.459. The topological polar surface area (TPSA) is 26.0 Å². The van der Waals surface area contributed by atoms with Crippen molar-refractivity contribution in [3.63, 3.8) is 0 Å². The van der Waals surface area contributed by atoms with Gasteiger partial charge in [0.15, 0.2) is 0 Å². The van der Waals surface area contributed by atoms with Gasteiger partial charge in [0.2, 0.25) is 0 Å². The van der Waals surface area contributed by atoms with Gasteiger partial charge in [0.1, 0.15) is 0 Å². The highest BCUT2D eigenvalue weighted by Gasteiger charge is 2.36. The van der Waals surface area contributed by atoms with E-state index in [1.54, 1.807) is 0 Å². The second-order valence-electron chi connectivity index (χ2n) is 7.05. The van der Waals surface area contributed by atoms with Gasteiger partial charge in [-0.15, -0.1) is 6.58 Å². The third-order valence-electron chi connectivity index (χ3n) is 4.77. The Hall–Kier alpha value is -0.820. The summed E-state index contributed by atoms with van der Waals surface area (Å²) in [4.78, 5) is 0. The molecule has 0 bridgehead atoms. The molecular formula is C18H33N. The number of nitrogens with two attached hydrogens (primary N) is 1. The molecule has 0 aromatic carbocycles. The Morgan fingerprint density at radius 1 is 1.21 bits per heavy atom. The number of hydrogen-bond acceptors (Lipinski definition) is 1. The van der Waals surface area contributed by atoms with Gasteiger partial charge in [0, 0.05) is 6.04 Å². The number of rotatable bonds is 7. The minimum Gasteiger partial charge on any atom is -0.324 e. The molecule has 0 aromatic heterocycles. The number of allylic oxidation sites excluding steroid dienone is 3. The maximum atomic E-state index is 6.14. The van der Waals surface area contributed by atoms with Crippen LogP contribution in [0.15, 0.2) is 36.5 Å². The first-order valence-corrected chi connectivity index (χ1v) is 7.21. The van der Waals surface area contributed by atoms with Gasteiger partial charge >= 0.3 is 0 Å². The van der Waals surface area contributed by atoms with E-state index in [2.05, 4.69) is 67.7 Å². The molecule has 0 aliphatic rings. The van der Waals surface area contributed by atoms with E-state index in [9.17, 15) is 0 Å². The Morgan fingerprint density at radius 2 is 1.68 bits per heavy atom. The van der Waals surface area contributed by atoms with Crippen molar-refractivity contribution in [1.29, 1.82) is 0 Å². The standard InChI is InChI=1S/C18H33N/c1-10-14(4)11-16(15(5)19)12-17(6,7)18(8,9)13(2)3/h10,12,14-15H,1-2,11,19H2,3-9H3/b16-12+. The van der Waals surface area contributed by atoms with Crippen molar-refractivity contribution in [3.8, 4) is 0 Å². The van der Waals surface area contributed by atoms with E-state index in [1.165, 1.54) is 11.1 Å². The normalized spacial score (nSPS) is 16.9. The van der Waals surface area contributed by atoms with Gasteiger partial charge in [-0.05, 0) is 37.0 Å². The molecule has 0 aliphatic carbocycles. The Balaban J connectivity index is 5.43. The summed E-state index contributed by atoms with van der Waals surface area (Å²) in [7, 11) is 0. The van der Waals surface area contributed by atoms with Crippen LogP contribution >= 0.6 is 0 Å². The van der Waals surface area contributed by atoms with Crippen molar-refractivity contribution in [1.82, 2.24) is 0 Å². The van der Waals surface area contributed by atoms with Crippen LogP contribution < -0.4 is 5.73 Å². The fourth-order valence-corrected chi connectivity index (χ4v) is 2.03. The predicted molar refractivity (Wildman–Crippen MR) is 88.1 cm³/mol. The van der Waals surface area contributed by atoms with E-state index in [1.807, 2.05) is 6.08 Å². The lowest BCUT2D eigenvalue weighted by molar-refractivity contribution is 0.213. The quantitative estimate of drug-likeness (QED) is 0.635. The lowest BCUT2D eigenvalue weighted by atomic mass is 9.63. The van der Waals surface area contributed by atoms with Crippen LogP contribution in [0.25, 0.3) is 0 Å². The van der Waals surface area contributed by atoms with E-state index in [-0.39, 0.29) is 16.9 Å². The molecule has 19 heavy (non-hydrogen) atoms. The Bertz CT molecular complexity index is 356. The Kier molecular flexibility index (Phi) is 6.28. The minimum absolute atomic E-state index is 0.0304. The zero-order valence-corrected chi connectivity index (χ0v) is 14.0. The summed E-state index contributed by atoms with van der Waals surface area (Å²) in [5.41, 5.74) is 8.73. The van der Waals surface area contributed by atoms with E-state index >= 15 is 0 Å². The summed E-state index contributed by atoms with van der Waals surface area (Å²) < 4.78 is 0. The van der Waals surface area contributed by atoms with Gasteiger partial charge < -0.3 is 5.73 Å². The third kappa shape index (κ3) is 4.65. The highest BCUT2D eigenvalue weighted by atomic mass is 14.6. The molecule has 0 rings (SSSR count). The molecule has 0 aliphatic heterocycles. The van der Waals surface area contributed by atoms with Crippen LogP contribution in [0.2, 0.25) is 0 Å². The molecule has 2 unspecified atom stereocenters. The molecule has 1 heteroatoms. The van der Waals surface area contributed by atoms with E-state index < -0.39 is 0 Å². The highest BCUT2D eigenvalue weighted by molar-refractivity contribution is 5.21. The highest BCUT2D eigenvalue weighted by Crippen LogP contribution is 2.45. The first-order chi connectivity index (χ1) is 8.45. The van der Waals surface area contributed by atoms with Gasteiger partial charge in [-0.1, -0.05) is 64.5 Å². The molecule has 0 radical (unpaired) electrons. The SMILES string of the molecule is C=CC(C)C/C(=C\C(C)(C)C(C)(C)C(=C)C)C(C)N. The van der Waals surface area contributed by atoms with Crippen LogP contribution in [0.3, 0.4) is 0 Å². The average molecular weight is 263 g/mol. The first-order valence-electron chi connectivity index (χ1n) is 7.21. The van der Waals surface area contributed by atoms with Crippen LogP contribution in [-0.2, 0) is 0 Å². The van der Waals surface area contributed by atoms with Crippen LogP contribution in [-0.4, -0.2) is 6.04 Å². The fraction of sp³-hybridized carbons (Fsp3) is 0.667. The van der Waals surface area contributed by atoms with Gasteiger partial charge in [-0.3, -0.25) is 0 Å². The van der Waals surface area contributed by atoms with Crippen molar-refractivity contribution in [2.45, 2.75) is 60.9 Å². The summed E-state index contributed by atoms with van der Waals surface area (Å²) in [6.07, 6.45) is 5.33. The van der Waals surface area contributed by atoms with Crippen molar-refractivity contribution >= 4 is 0 Å². The summed E-state index contributed by atoms with van der Waals surface area (Å²) >= 11 is 0. The molecule has 0 fully saturated rings. The van der Waals surface area contributed by atoms with Gasteiger partial charge in [0.25, 0.3) is 0 Å². The molecule has 2 atom stereocenters. The van der Waals surface area contributed by atoms with E-state index in [0.717, 1.165) is 6.42 Å². The Morgan fingerprint density at radius 3 is 2.00 bits per heavy atom. The van der Waals surface area contributed by atoms with Crippen molar-refractivity contribution in [2.24, 2.45) is 22.5 Å². The lowest BCUT2D eigenvalue weighted by Crippen LogP contribution is -2.33. The predicted octanol–water partition coefficient (Wildman–Crippen LogP) is 5.10. The molecule has 1 nitrogen and oxygen atoms in total.